The Kier molecular flexibility index (Phi) is 7.00. The Hall–Kier alpha value is -3.09. The number of amides is 1. The van der Waals surface area contributed by atoms with Gasteiger partial charge in [0.15, 0.2) is 12.4 Å². The third kappa shape index (κ3) is 5.29. The molecule has 1 aromatic heterocycles. The first-order chi connectivity index (χ1) is 15.4. The quantitative estimate of drug-likeness (QED) is 0.494. The molecule has 0 bridgehead atoms. The minimum atomic E-state index is -4.78. The number of carbonyl (C=O) groups is 1. The van der Waals surface area contributed by atoms with Crippen molar-refractivity contribution >= 4 is 34.8 Å². The fourth-order valence-corrected chi connectivity index (χ4v) is 3.22. The standard InChI is InChI=1S/C19H14Cl2F4N4O4/c1-28-15(7-30)27-29(18(28)32)13-6-14(33-8-19(23,24)25)9(5-12(13)22)17(31)26-16-10(20)3-2-4-11(16)21/h2-6,30H,7-8H2,1H3,(H,26,31). The summed E-state index contributed by atoms with van der Waals surface area (Å²) < 4.78 is 59.3. The van der Waals surface area contributed by atoms with Gasteiger partial charge in [0.05, 0.1) is 21.3 Å². The molecule has 1 heterocycles. The molecule has 0 saturated heterocycles. The van der Waals surface area contributed by atoms with Gasteiger partial charge < -0.3 is 15.2 Å². The third-order valence-corrected chi connectivity index (χ3v) is 4.96. The summed E-state index contributed by atoms with van der Waals surface area (Å²) in [6, 6.07) is 5.61. The van der Waals surface area contributed by atoms with Gasteiger partial charge in [0, 0.05) is 13.1 Å². The van der Waals surface area contributed by atoms with Crippen LogP contribution in [0, 0.1) is 5.82 Å². The number of hydrogen-bond donors (Lipinski definition) is 2. The molecule has 14 heteroatoms. The van der Waals surface area contributed by atoms with E-state index >= 15 is 0 Å². The fraction of sp³-hybridized carbons (Fsp3) is 0.211. The van der Waals surface area contributed by atoms with Crippen LogP contribution in [0.4, 0.5) is 23.2 Å². The van der Waals surface area contributed by atoms with Gasteiger partial charge in [-0.3, -0.25) is 9.36 Å². The molecular formula is C19H14Cl2F4N4O4. The number of rotatable bonds is 6. The molecule has 176 valence electrons. The Morgan fingerprint density at radius 1 is 1.24 bits per heavy atom. The number of alkyl halides is 3. The molecule has 0 unspecified atom stereocenters. The molecule has 1 amide bonds. The van der Waals surface area contributed by atoms with Crippen LogP contribution in [0.1, 0.15) is 16.2 Å². The van der Waals surface area contributed by atoms with Gasteiger partial charge in [-0.25, -0.2) is 9.18 Å². The number of carbonyl (C=O) groups excluding carboxylic acids is 1. The molecule has 0 fully saturated rings. The molecule has 0 aliphatic heterocycles. The van der Waals surface area contributed by atoms with Crippen molar-refractivity contribution < 1.29 is 32.2 Å². The zero-order valence-corrected chi connectivity index (χ0v) is 18.1. The molecule has 0 atom stereocenters. The maximum absolute atomic E-state index is 14.9. The number of nitrogens with one attached hydrogen (secondary N) is 1. The summed E-state index contributed by atoms with van der Waals surface area (Å²) in [4.78, 5) is 25.1. The van der Waals surface area contributed by atoms with Crippen molar-refractivity contribution in [3.63, 3.8) is 0 Å². The van der Waals surface area contributed by atoms with E-state index in [9.17, 15) is 32.3 Å². The summed E-state index contributed by atoms with van der Waals surface area (Å²) in [5, 5.41) is 15.3. The Morgan fingerprint density at radius 2 is 1.88 bits per heavy atom. The Morgan fingerprint density at radius 3 is 2.42 bits per heavy atom. The van der Waals surface area contributed by atoms with Crippen molar-refractivity contribution in [3.05, 3.63) is 68.1 Å². The molecule has 8 nitrogen and oxygen atoms in total. The predicted molar refractivity (Wildman–Crippen MR) is 111 cm³/mol. The zero-order valence-electron chi connectivity index (χ0n) is 16.6. The van der Waals surface area contributed by atoms with E-state index in [2.05, 4.69) is 10.4 Å². The first kappa shape index (κ1) is 24.6. The predicted octanol–water partition coefficient (Wildman–Crippen LogP) is 3.70. The number of benzene rings is 2. The lowest BCUT2D eigenvalue weighted by Crippen LogP contribution is -2.24. The van der Waals surface area contributed by atoms with Crippen molar-refractivity contribution in [2.45, 2.75) is 12.8 Å². The van der Waals surface area contributed by atoms with Gasteiger partial charge in [-0.2, -0.15) is 17.9 Å². The number of hydrogen-bond acceptors (Lipinski definition) is 5. The van der Waals surface area contributed by atoms with E-state index < -0.39 is 53.8 Å². The van der Waals surface area contributed by atoms with E-state index in [1.165, 1.54) is 25.2 Å². The van der Waals surface area contributed by atoms with E-state index in [-0.39, 0.29) is 21.6 Å². The Labute approximate surface area is 192 Å². The highest BCUT2D eigenvalue weighted by Gasteiger charge is 2.30. The summed E-state index contributed by atoms with van der Waals surface area (Å²) in [5.74, 6) is -3.06. The Bertz CT molecular complexity index is 1250. The number of halogens is 6. The SMILES string of the molecule is Cn1c(CO)nn(-c2cc(OCC(F)(F)F)c(C(=O)Nc3c(Cl)cccc3Cl)cc2F)c1=O. The average Bonchev–Trinajstić information content (AvgIpc) is 3.03. The van der Waals surface area contributed by atoms with Gasteiger partial charge >= 0.3 is 11.9 Å². The molecule has 3 aromatic rings. The van der Waals surface area contributed by atoms with Gasteiger partial charge in [-0.15, -0.1) is 5.10 Å². The second kappa shape index (κ2) is 9.41. The third-order valence-electron chi connectivity index (χ3n) is 4.33. The van der Waals surface area contributed by atoms with Crippen LogP contribution in [0.15, 0.2) is 35.1 Å². The van der Waals surface area contributed by atoms with Crippen LogP contribution in [-0.2, 0) is 13.7 Å². The molecule has 0 aliphatic rings. The van der Waals surface area contributed by atoms with Crippen molar-refractivity contribution in [2.75, 3.05) is 11.9 Å². The molecule has 2 N–H and O–H groups in total. The van der Waals surface area contributed by atoms with Crippen molar-refractivity contribution in [1.82, 2.24) is 14.3 Å². The summed E-state index contributed by atoms with van der Waals surface area (Å²) in [7, 11) is 1.26. The normalized spacial score (nSPS) is 11.5. The number of aliphatic hydroxyl groups excluding tert-OH is 1. The molecule has 2 aromatic carbocycles. The minimum absolute atomic E-state index is 0.0299. The van der Waals surface area contributed by atoms with Crippen LogP contribution in [-0.4, -0.2) is 38.1 Å². The van der Waals surface area contributed by atoms with Gasteiger partial charge in [0.25, 0.3) is 5.91 Å². The number of anilines is 1. The summed E-state index contributed by atoms with van der Waals surface area (Å²) in [5.41, 5.74) is -2.16. The second-order valence-electron chi connectivity index (χ2n) is 6.58. The molecule has 33 heavy (non-hydrogen) atoms. The van der Waals surface area contributed by atoms with E-state index in [1.807, 2.05) is 0 Å². The van der Waals surface area contributed by atoms with E-state index in [1.54, 1.807) is 0 Å². The van der Waals surface area contributed by atoms with Crippen molar-refractivity contribution in [3.8, 4) is 11.4 Å². The van der Waals surface area contributed by atoms with Crippen LogP contribution in [0.25, 0.3) is 5.69 Å². The van der Waals surface area contributed by atoms with Crippen molar-refractivity contribution in [1.29, 1.82) is 0 Å². The monoisotopic (exact) mass is 508 g/mol. The van der Waals surface area contributed by atoms with Gasteiger partial charge in [0.1, 0.15) is 23.9 Å². The molecule has 0 spiro atoms. The number of aliphatic hydroxyl groups is 1. The minimum Gasteiger partial charge on any atom is -0.483 e. The number of ether oxygens (including phenoxy) is 1. The van der Waals surface area contributed by atoms with Gasteiger partial charge in [-0.1, -0.05) is 29.3 Å². The number of aromatic nitrogens is 3. The lowest BCUT2D eigenvalue weighted by molar-refractivity contribution is -0.153. The molecule has 0 aliphatic carbocycles. The van der Waals surface area contributed by atoms with E-state index in [0.717, 1.165) is 10.6 Å². The highest BCUT2D eigenvalue weighted by molar-refractivity contribution is 6.40. The summed E-state index contributed by atoms with van der Waals surface area (Å²) >= 11 is 12.0. The molecule has 0 radical (unpaired) electrons. The lowest BCUT2D eigenvalue weighted by Gasteiger charge is -2.16. The number of para-hydroxylation sites is 1. The zero-order chi connectivity index (χ0) is 24.5. The van der Waals surface area contributed by atoms with Crippen LogP contribution in [0.5, 0.6) is 5.75 Å². The fourth-order valence-electron chi connectivity index (χ4n) is 2.73. The molecule has 0 saturated carbocycles. The maximum atomic E-state index is 14.9. The number of nitrogens with zero attached hydrogens (tertiary/aromatic N) is 3. The van der Waals surface area contributed by atoms with Crippen LogP contribution >= 0.6 is 23.2 Å². The highest BCUT2D eigenvalue weighted by atomic mass is 35.5. The summed E-state index contributed by atoms with van der Waals surface area (Å²) in [6.07, 6.45) is -4.78. The topological polar surface area (TPSA) is 98.4 Å². The van der Waals surface area contributed by atoms with Crippen LogP contribution in [0.2, 0.25) is 10.0 Å². The smallest absolute Gasteiger partial charge is 0.422 e. The highest BCUT2D eigenvalue weighted by Crippen LogP contribution is 2.32. The van der Waals surface area contributed by atoms with E-state index in [4.69, 9.17) is 27.9 Å². The van der Waals surface area contributed by atoms with Crippen molar-refractivity contribution in [2.24, 2.45) is 7.05 Å². The Balaban J connectivity index is 2.10. The second-order valence-corrected chi connectivity index (χ2v) is 7.40. The molecule has 3 rings (SSSR count). The largest absolute Gasteiger partial charge is 0.483 e. The van der Waals surface area contributed by atoms with Gasteiger partial charge in [0.2, 0.25) is 0 Å². The van der Waals surface area contributed by atoms with Crippen LogP contribution in [0.3, 0.4) is 0 Å². The molecular weight excluding hydrogens is 495 g/mol. The first-order valence-electron chi connectivity index (χ1n) is 8.97. The average molecular weight is 509 g/mol. The van der Waals surface area contributed by atoms with Crippen LogP contribution < -0.4 is 15.7 Å². The van der Waals surface area contributed by atoms with Gasteiger partial charge in [-0.05, 0) is 18.2 Å². The first-order valence-corrected chi connectivity index (χ1v) is 9.73. The van der Waals surface area contributed by atoms with E-state index in [0.29, 0.717) is 10.7 Å². The maximum Gasteiger partial charge on any atom is 0.422 e. The summed E-state index contributed by atoms with van der Waals surface area (Å²) in [6.45, 7) is -2.46. The lowest BCUT2D eigenvalue weighted by atomic mass is 10.1.